The molecule has 1 aromatic rings. The van der Waals surface area contributed by atoms with Crippen molar-refractivity contribution >= 4 is 11.7 Å². The zero-order valence-corrected chi connectivity index (χ0v) is 10.6. The smallest absolute Gasteiger partial charge is 0.335 e. The number of anilines is 1. The first-order valence-corrected chi connectivity index (χ1v) is 6.55. The Labute approximate surface area is 108 Å². The van der Waals surface area contributed by atoms with E-state index < -0.39 is 5.97 Å². The minimum absolute atomic E-state index is 0.330. The maximum atomic E-state index is 10.7. The maximum absolute atomic E-state index is 10.7. The predicted octanol–water partition coefficient (Wildman–Crippen LogP) is 2.28. The van der Waals surface area contributed by atoms with Gasteiger partial charge in [0, 0.05) is 18.8 Å². The van der Waals surface area contributed by atoms with Crippen molar-refractivity contribution in [2.45, 2.75) is 19.3 Å². The highest BCUT2D eigenvalue weighted by Gasteiger charge is 2.08. The zero-order chi connectivity index (χ0) is 12.8. The number of nitrogens with one attached hydrogen (secondary N) is 1. The summed E-state index contributed by atoms with van der Waals surface area (Å²) in [5.74, 6) is -0.880. The predicted molar refractivity (Wildman–Crippen MR) is 72.2 cm³/mol. The van der Waals surface area contributed by atoms with E-state index in [9.17, 15) is 4.79 Å². The maximum Gasteiger partial charge on any atom is 0.335 e. The van der Waals surface area contributed by atoms with Gasteiger partial charge in [-0.05, 0) is 50.2 Å². The molecule has 1 aliphatic heterocycles. The quantitative estimate of drug-likeness (QED) is 0.839. The van der Waals surface area contributed by atoms with Gasteiger partial charge in [0.15, 0.2) is 0 Å². The van der Waals surface area contributed by atoms with Gasteiger partial charge in [-0.1, -0.05) is 6.42 Å². The molecule has 1 saturated heterocycles. The van der Waals surface area contributed by atoms with E-state index in [2.05, 4.69) is 10.2 Å². The molecule has 2 N–H and O–H groups in total. The van der Waals surface area contributed by atoms with Crippen LogP contribution in [0.2, 0.25) is 0 Å². The largest absolute Gasteiger partial charge is 0.478 e. The number of benzene rings is 1. The van der Waals surface area contributed by atoms with Gasteiger partial charge in [0.25, 0.3) is 0 Å². The van der Waals surface area contributed by atoms with Crippen LogP contribution in [0.4, 0.5) is 5.69 Å². The van der Waals surface area contributed by atoms with Gasteiger partial charge in [0.05, 0.1) is 5.56 Å². The number of hydrogen-bond donors (Lipinski definition) is 2. The first kappa shape index (κ1) is 12.9. The van der Waals surface area contributed by atoms with Gasteiger partial charge in [-0.3, -0.25) is 0 Å². The molecule has 0 bridgehead atoms. The molecular formula is C14H20N2O2. The zero-order valence-electron chi connectivity index (χ0n) is 10.6. The van der Waals surface area contributed by atoms with Crippen molar-refractivity contribution in [3.05, 3.63) is 29.8 Å². The summed E-state index contributed by atoms with van der Waals surface area (Å²) in [4.78, 5) is 13.2. The van der Waals surface area contributed by atoms with Crippen LogP contribution in [0.5, 0.6) is 0 Å². The van der Waals surface area contributed by atoms with Crippen molar-refractivity contribution < 1.29 is 9.90 Å². The molecule has 0 aliphatic carbocycles. The molecule has 1 fully saturated rings. The highest BCUT2D eigenvalue weighted by Crippen LogP contribution is 2.10. The van der Waals surface area contributed by atoms with Crippen molar-refractivity contribution in [1.82, 2.24) is 4.90 Å². The van der Waals surface area contributed by atoms with Gasteiger partial charge in [-0.2, -0.15) is 0 Å². The lowest BCUT2D eigenvalue weighted by Crippen LogP contribution is -2.33. The van der Waals surface area contributed by atoms with Crippen LogP contribution in [-0.2, 0) is 0 Å². The fraction of sp³-hybridized carbons (Fsp3) is 0.500. The molecule has 4 heteroatoms. The summed E-state index contributed by atoms with van der Waals surface area (Å²) in [5, 5.41) is 12.1. The normalized spacial score (nSPS) is 16.4. The van der Waals surface area contributed by atoms with Crippen LogP contribution in [0.15, 0.2) is 24.3 Å². The standard InChI is InChI=1S/C14H20N2O2/c17-14(18)12-4-6-13(7-5-12)15-8-11-16-9-2-1-3-10-16/h4-7,15H,1-3,8-11H2,(H,17,18). The Morgan fingerprint density at radius 1 is 1.17 bits per heavy atom. The molecule has 1 heterocycles. The van der Waals surface area contributed by atoms with Crippen LogP contribution in [-0.4, -0.2) is 42.2 Å². The van der Waals surface area contributed by atoms with Crippen molar-refractivity contribution in [2.75, 3.05) is 31.5 Å². The average Bonchev–Trinajstić information content (AvgIpc) is 2.40. The Hall–Kier alpha value is -1.55. The lowest BCUT2D eigenvalue weighted by atomic mass is 10.1. The van der Waals surface area contributed by atoms with Gasteiger partial charge in [-0.15, -0.1) is 0 Å². The molecule has 1 aromatic carbocycles. The number of nitrogens with zero attached hydrogens (tertiary/aromatic N) is 1. The van der Waals surface area contributed by atoms with Crippen LogP contribution in [0.1, 0.15) is 29.6 Å². The second kappa shape index (κ2) is 6.40. The van der Waals surface area contributed by atoms with Gasteiger partial charge < -0.3 is 15.3 Å². The SMILES string of the molecule is O=C(O)c1ccc(NCCN2CCCCC2)cc1. The monoisotopic (exact) mass is 248 g/mol. The summed E-state index contributed by atoms with van der Waals surface area (Å²) in [5.41, 5.74) is 1.31. The second-order valence-electron chi connectivity index (χ2n) is 4.71. The first-order chi connectivity index (χ1) is 8.75. The van der Waals surface area contributed by atoms with Crippen LogP contribution in [0.3, 0.4) is 0 Å². The summed E-state index contributed by atoms with van der Waals surface area (Å²) in [6.07, 6.45) is 3.99. The van der Waals surface area contributed by atoms with E-state index in [1.807, 2.05) is 12.1 Å². The number of carboxylic acid groups (broad SMARTS) is 1. The fourth-order valence-electron chi connectivity index (χ4n) is 2.27. The molecule has 0 aromatic heterocycles. The molecule has 98 valence electrons. The number of carboxylic acids is 1. The lowest BCUT2D eigenvalue weighted by Gasteiger charge is -2.26. The Morgan fingerprint density at radius 2 is 1.83 bits per heavy atom. The molecule has 4 nitrogen and oxygen atoms in total. The third-order valence-electron chi connectivity index (χ3n) is 3.34. The van der Waals surface area contributed by atoms with Crippen LogP contribution in [0.25, 0.3) is 0 Å². The van der Waals surface area contributed by atoms with E-state index >= 15 is 0 Å². The van der Waals surface area contributed by atoms with Gasteiger partial charge >= 0.3 is 5.97 Å². The van der Waals surface area contributed by atoms with Gasteiger partial charge in [-0.25, -0.2) is 4.79 Å². The van der Waals surface area contributed by atoms with Crippen molar-refractivity contribution in [2.24, 2.45) is 0 Å². The Balaban J connectivity index is 1.74. The van der Waals surface area contributed by atoms with E-state index in [0.717, 1.165) is 18.8 Å². The molecule has 0 radical (unpaired) electrons. The summed E-state index contributed by atoms with van der Waals surface area (Å²) >= 11 is 0. The third kappa shape index (κ3) is 3.74. The van der Waals surface area contributed by atoms with Crippen LogP contribution < -0.4 is 5.32 Å². The molecule has 2 rings (SSSR count). The fourth-order valence-corrected chi connectivity index (χ4v) is 2.27. The molecule has 0 amide bonds. The van der Waals surface area contributed by atoms with Gasteiger partial charge in [0.2, 0.25) is 0 Å². The molecule has 0 spiro atoms. The molecule has 1 aliphatic rings. The Kier molecular flexibility index (Phi) is 4.59. The van der Waals surface area contributed by atoms with E-state index in [-0.39, 0.29) is 0 Å². The minimum Gasteiger partial charge on any atom is -0.478 e. The van der Waals surface area contributed by atoms with Crippen molar-refractivity contribution in [3.8, 4) is 0 Å². The number of piperidine rings is 1. The number of aromatic carboxylic acids is 1. The highest BCUT2D eigenvalue weighted by molar-refractivity contribution is 5.87. The highest BCUT2D eigenvalue weighted by atomic mass is 16.4. The molecule has 0 saturated carbocycles. The summed E-state index contributed by atoms with van der Waals surface area (Å²) in [6, 6.07) is 6.90. The summed E-state index contributed by atoms with van der Waals surface area (Å²) in [7, 11) is 0. The van der Waals surface area contributed by atoms with E-state index in [0.29, 0.717) is 5.56 Å². The minimum atomic E-state index is -0.880. The van der Waals surface area contributed by atoms with Crippen LogP contribution >= 0.6 is 0 Å². The Bertz CT molecular complexity index is 383. The summed E-state index contributed by atoms with van der Waals surface area (Å²) < 4.78 is 0. The topological polar surface area (TPSA) is 52.6 Å². The van der Waals surface area contributed by atoms with Crippen LogP contribution in [0, 0.1) is 0 Å². The van der Waals surface area contributed by atoms with E-state index in [4.69, 9.17) is 5.11 Å². The number of rotatable bonds is 5. The van der Waals surface area contributed by atoms with E-state index in [1.165, 1.54) is 32.4 Å². The third-order valence-corrected chi connectivity index (χ3v) is 3.34. The average molecular weight is 248 g/mol. The molecular weight excluding hydrogens is 228 g/mol. The first-order valence-electron chi connectivity index (χ1n) is 6.55. The summed E-state index contributed by atoms with van der Waals surface area (Å²) in [6.45, 7) is 4.38. The molecule has 18 heavy (non-hydrogen) atoms. The molecule has 0 unspecified atom stereocenters. The van der Waals surface area contributed by atoms with Gasteiger partial charge in [0.1, 0.15) is 0 Å². The lowest BCUT2D eigenvalue weighted by molar-refractivity contribution is 0.0697. The van der Waals surface area contributed by atoms with Crippen molar-refractivity contribution in [1.29, 1.82) is 0 Å². The number of likely N-dealkylation sites (tertiary alicyclic amines) is 1. The number of hydrogen-bond acceptors (Lipinski definition) is 3. The second-order valence-corrected chi connectivity index (χ2v) is 4.71. The molecule has 0 atom stereocenters. The van der Waals surface area contributed by atoms with E-state index in [1.54, 1.807) is 12.1 Å². The number of carbonyl (C=O) groups is 1. The Morgan fingerprint density at radius 3 is 2.44 bits per heavy atom. The van der Waals surface area contributed by atoms with Crippen molar-refractivity contribution in [3.63, 3.8) is 0 Å².